The van der Waals surface area contributed by atoms with E-state index in [4.69, 9.17) is 10.9 Å². The van der Waals surface area contributed by atoms with Crippen LogP contribution in [-0.4, -0.2) is 22.0 Å². The van der Waals surface area contributed by atoms with Crippen LogP contribution < -0.4 is 11.2 Å². The second kappa shape index (κ2) is 11.0. The maximum Gasteiger partial charge on any atom is 0.416 e. The van der Waals surface area contributed by atoms with Crippen LogP contribution in [0.25, 0.3) is 0 Å². The van der Waals surface area contributed by atoms with E-state index in [9.17, 15) is 22.8 Å². The number of amides is 1. The second-order valence-electron chi connectivity index (χ2n) is 8.04. The number of hydrogen-bond donors (Lipinski definition) is 3. The standard InChI is InChI=1S/C25H28F3N3O3/c1-15(2)21(11-12-23(32)33)17(4)31(29)14-18-5-8-20(9-6-18)30-24(34)22-10-7-19(13-16(22)3)25(26,27)28/h5-10,13H,1,11-12,14,29H2,2-4H3,(H,30,34)(H,32,33)/b21-17-. The molecule has 6 nitrogen and oxygen atoms in total. The van der Waals surface area contributed by atoms with Gasteiger partial charge in [0.15, 0.2) is 0 Å². The molecule has 0 spiro atoms. The first-order chi connectivity index (χ1) is 15.8. The normalized spacial score (nSPS) is 12.1. The highest BCUT2D eigenvalue weighted by Crippen LogP contribution is 2.30. The lowest BCUT2D eigenvalue weighted by Gasteiger charge is -2.23. The molecule has 0 atom stereocenters. The molecule has 2 aromatic rings. The van der Waals surface area contributed by atoms with Crippen LogP contribution in [0.15, 0.2) is 65.9 Å². The summed E-state index contributed by atoms with van der Waals surface area (Å²) in [6, 6.07) is 9.85. The Morgan fingerprint density at radius 1 is 1.09 bits per heavy atom. The van der Waals surface area contributed by atoms with E-state index < -0.39 is 23.6 Å². The highest BCUT2D eigenvalue weighted by Gasteiger charge is 2.31. The molecule has 34 heavy (non-hydrogen) atoms. The van der Waals surface area contributed by atoms with E-state index >= 15 is 0 Å². The Kier molecular flexibility index (Phi) is 8.64. The van der Waals surface area contributed by atoms with Gasteiger partial charge in [-0.3, -0.25) is 9.59 Å². The number of carboxylic acid groups (broad SMARTS) is 1. The largest absolute Gasteiger partial charge is 0.481 e. The van der Waals surface area contributed by atoms with Crippen LogP contribution in [0.1, 0.15) is 53.7 Å². The van der Waals surface area contributed by atoms with Crippen LogP contribution in [0.3, 0.4) is 0 Å². The smallest absolute Gasteiger partial charge is 0.416 e. The second-order valence-corrected chi connectivity index (χ2v) is 8.04. The van der Waals surface area contributed by atoms with E-state index in [1.54, 1.807) is 38.1 Å². The molecule has 0 heterocycles. The predicted octanol–water partition coefficient (Wildman–Crippen LogP) is 5.66. The summed E-state index contributed by atoms with van der Waals surface area (Å²) in [5.74, 6) is 4.77. The van der Waals surface area contributed by atoms with Crippen molar-refractivity contribution in [2.45, 2.75) is 46.3 Å². The van der Waals surface area contributed by atoms with Gasteiger partial charge in [-0.25, -0.2) is 5.84 Å². The molecule has 0 saturated heterocycles. The highest BCUT2D eigenvalue weighted by molar-refractivity contribution is 6.05. The van der Waals surface area contributed by atoms with Gasteiger partial charge in [-0.15, -0.1) is 0 Å². The number of carbonyl (C=O) groups is 2. The van der Waals surface area contributed by atoms with Crippen molar-refractivity contribution in [2.75, 3.05) is 5.32 Å². The number of carbonyl (C=O) groups excluding carboxylic acids is 1. The summed E-state index contributed by atoms with van der Waals surface area (Å²) in [6.45, 7) is 9.28. The van der Waals surface area contributed by atoms with Crippen LogP contribution in [0.5, 0.6) is 0 Å². The van der Waals surface area contributed by atoms with Crippen molar-refractivity contribution in [3.8, 4) is 0 Å². The molecule has 0 radical (unpaired) electrons. The third kappa shape index (κ3) is 7.21. The van der Waals surface area contributed by atoms with Gasteiger partial charge in [0.1, 0.15) is 0 Å². The lowest BCUT2D eigenvalue weighted by Crippen LogP contribution is -2.29. The number of anilines is 1. The van der Waals surface area contributed by atoms with Crippen LogP contribution in [0.4, 0.5) is 18.9 Å². The first-order valence-electron chi connectivity index (χ1n) is 10.5. The number of halogens is 3. The maximum absolute atomic E-state index is 12.8. The minimum atomic E-state index is -4.47. The van der Waals surface area contributed by atoms with Crippen molar-refractivity contribution >= 4 is 17.6 Å². The van der Waals surface area contributed by atoms with E-state index in [0.29, 0.717) is 24.4 Å². The molecule has 0 aliphatic heterocycles. The van der Waals surface area contributed by atoms with E-state index in [0.717, 1.165) is 34.9 Å². The topological polar surface area (TPSA) is 95.7 Å². The summed E-state index contributed by atoms with van der Waals surface area (Å²) in [6.07, 6.45) is -4.18. The number of aryl methyl sites for hydroxylation is 1. The fourth-order valence-corrected chi connectivity index (χ4v) is 3.41. The van der Waals surface area contributed by atoms with Gasteiger partial charge in [0.05, 0.1) is 12.1 Å². The molecule has 0 saturated carbocycles. The molecule has 1 amide bonds. The number of allylic oxidation sites excluding steroid dienone is 3. The van der Waals surface area contributed by atoms with Crippen LogP contribution in [0, 0.1) is 6.92 Å². The van der Waals surface area contributed by atoms with Gasteiger partial charge in [-0.2, -0.15) is 13.2 Å². The van der Waals surface area contributed by atoms with Gasteiger partial charge >= 0.3 is 12.1 Å². The zero-order valence-corrected chi connectivity index (χ0v) is 19.3. The summed E-state index contributed by atoms with van der Waals surface area (Å²) < 4.78 is 38.5. The molecule has 0 fully saturated rings. The van der Waals surface area contributed by atoms with E-state index in [1.165, 1.54) is 11.9 Å². The van der Waals surface area contributed by atoms with E-state index in [2.05, 4.69) is 11.9 Å². The number of aliphatic carboxylic acids is 1. The van der Waals surface area contributed by atoms with Gasteiger partial charge in [0.25, 0.3) is 5.91 Å². The van der Waals surface area contributed by atoms with Crippen molar-refractivity contribution in [3.63, 3.8) is 0 Å². The predicted molar refractivity (Wildman–Crippen MR) is 125 cm³/mol. The minimum absolute atomic E-state index is 0.0276. The molecule has 182 valence electrons. The highest BCUT2D eigenvalue weighted by atomic mass is 19.4. The fourth-order valence-electron chi connectivity index (χ4n) is 3.41. The lowest BCUT2D eigenvalue weighted by molar-refractivity contribution is -0.138. The summed E-state index contributed by atoms with van der Waals surface area (Å²) in [5, 5.41) is 13.1. The first kappa shape index (κ1) is 26.7. The molecular weight excluding hydrogens is 447 g/mol. The van der Waals surface area contributed by atoms with Crippen molar-refractivity contribution in [1.29, 1.82) is 0 Å². The van der Waals surface area contributed by atoms with Gasteiger partial charge in [0, 0.05) is 23.4 Å². The molecular formula is C25H28F3N3O3. The Balaban J connectivity index is 2.09. The number of carboxylic acids is 1. The minimum Gasteiger partial charge on any atom is -0.481 e. The third-order valence-corrected chi connectivity index (χ3v) is 5.33. The molecule has 2 rings (SSSR count). The summed E-state index contributed by atoms with van der Waals surface area (Å²) >= 11 is 0. The molecule has 0 unspecified atom stereocenters. The number of benzene rings is 2. The summed E-state index contributed by atoms with van der Waals surface area (Å²) in [4.78, 5) is 23.4. The molecule has 0 aromatic heterocycles. The summed E-state index contributed by atoms with van der Waals surface area (Å²) in [5.41, 5.74) is 3.12. The lowest BCUT2D eigenvalue weighted by atomic mass is 10.0. The average molecular weight is 476 g/mol. The van der Waals surface area contributed by atoms with E-state index in [1.807, 2.05) is 0 Å². The molecule has 2 aromatic carbocycles. The Hall–Kier alpha value is -3.59. The van der Waals surface area contributed by atoms with Gasteiger partial charge in [-0.1, -0.05) is 24.3 Å². The van der Waals surface area contributed by atoms with Crippen LogP contribution in [0.2, 0.25) is 0 Å². The molecule has 4 N–H and O–H groups in total. The van der Waals surface area contributed by atoms with Crippen molar-refractivity contribution in [3.05, 3.63) is 88.1 Å². The molecule has 0 aliphatic carbocycles. The maximum atomic E-state index is 12.8. The average Bonchev–Trinajstić information content (AvgIpc) is 2.73. The van der Waals surface area contributed by atoms with Gasteiger partial charge in [0.2, 0.25) is 0 Å². The van der Waals surface area contributed by atoms with Crippen LogP contribution in [-0.2, 0) is 17.5 Å². The van der Waals surface area contributed by atoms with Gasteiger partial charge in [-0.05, 0) is 74.2 Å². The molecule has 0 aliphatic rings. The van der Waals surface area contributed by atoms with E-state index in [-0.39, 0.29) is 17.5 Å². The summed E-state index contributed by atoms with van der Waals surface area (Å²) in [7, 11) is 0. The number of nitrogens with two attached hydrogens (primary N) is 1. The number of nitrogens with one attached hydrogen (secondary N) is 1. The number of nitrogens with zero attached hydrogens (tertiary/aromatic N) is 1. The zero-order chi connectivity index (χ0) is 25.6. The number of hydrazine groups is 1. The monoisotopic (exact) mass is 475 g/mol. The van der Waals surface area contributed by atoms with Crippen LogP contribution >= 0.6 is 0 Å². The first-order valence-corrected chi connectivity index (χ1v) is 10.5. The fraction of sp³-hybridized carbons (Fsp3) is 0.280. The number of alkyl halides is 3. The molecule has 0 bridgehead atoms. The Morgan fingerprint density at radius 3 is 2.21 bits per heavy atom. The van der Waals surface area contributed by atoms with Crippen molar-refractivity contribution in [1.82, 2.24) is 5.01 Å². The van der Waals surface area contributed by atoms with Gasteiger partial charge < -0.3 is 15.4 Å². The third-order valence-electron chi connectivity index (χ3n) is 5.33. The SMILES string of the molecule is C=C(C)/C(CCC(=O)O)=C(/C)N(N)Cc1ccc(NC(=O)c2ccc(C(F)(F)F)cc2C)cc1. The Bertz CT molecular complexity index is 1110. The molecule has 9 heteroatoms. The Morgan fingerprint density at radius 2 is 1.71 bits per heavy atom. The number of hydrogen-bond acceptors (Lipinski definition) is 4. The van der Waals surface area contributed by atoms with Crippen molar-refractivity contribution in [2.24, 2.45) is 5.84 Å². The zero-order valence-electron chi connectivity index (χ0n) is 19.3. The quantitative estimate of drug-likeness (QED) is 0.247. The Labute approximate surface area is 196 Å². The number of rotatable bonds is 9. The van der Waals surface area contributed by atoms with Crippen molar-refractivity contribution < 1.29 is 27.9 Å².